The molecule has 100 valence electrons. The van der Waals surface area contributed by atoms with Gasteiger partial charge in [0.05, 0.1) is 12.8 Å². The smallest absolute Gasteiger partial charge is 0.343 e. The fourth-order valence-electron chi connectivity index (χ4n) is 1.60. The van der Waals surface area contributed by atoms with E-state index < -0.39 is 5.97 Å². The van der Waals surface area contributed by atoms with Crippen LogP contribution in [-0.2, 0) is 11.2 Å². The van der Waals surface area contributed by atoms with Crippen LogP contribution in [0.3, 0.4) is 0 Å². The first-order chi connectivity index (χ1) is 9.15. The molecule has 0 saturated carbocycles. The molecule has 0 bridgehead atoms. The van der Waals surface area contributed by atoms with E-state index in [1.807, 2.05) is 6.92 Å². The van der Waals surface area contributed by atoms with E-state index in [-0.39, 0.29) is 5.56 Å². The van der Waals surface area contributed by atoms with Gasteiger partial charge in [-0.3, -0.25) is 0 Å². The van der Waals surface area contributed by atoms with E-state index in [0.717, 1.165) is 17.0 Å². The summed E-state index contributed by atoms with van der Waals surface area (Å²) in [4.78, 5) is 25.1. The Labute approximate surface area is 114 Å². The molecule has 0 aromatic carbocycles. The molecule has 1 N–H and O–H groups in total. The molecule has 0 saturated heterocycles. The van der Waals surface area contributed by atoms with Crippen LogP contribution in [0.25, 0.3) is 0 Å². The number of carbonyl (C=O) groups is 1. The van der Waals surface area contributed by atoms with Crippen molar-refractivity contribution in [1.82, 2.24) is 15.0 Å². The second-order valence-electron chi connectivity index (χ2n) is 3.78. The van der Waals surface area contributed by atoms with Gasteiger partial charge in [-0.25, -0.2) is 19.7 Å². The van der Waals surface area contributed by atoms with Gasteiger partial charge in [0, 0.05) is 11.1 Å². The molecule has 0 aliphatic heterocycles. The van der Waals surface area contributed by atoms with Gasteiger partial charge in [0.15, 0.2) is 5.13 Å². The summed E-state index contributed by atoms with van der Waals surface area (Å²) in [6.07, 6.45) is 3.66. The molecule has 0 aliphatic rings. The van der Waals surface area contributed by atoms with Gasteiger partial charge in [-0.15, -0.1) is 11.3 Å². The molecule has 2 aromatic heterocycles. The first-order valence-electron chi connectivity index (χ1n) is 5.77. The van der Waals surface area contributed by atoms with Crippen LogP contribution in [0.2, 0.25) is 0 Å². The minimum Gasteiger partial charge on any atom is -0.465 e. The first kappa shape index (κ1) is 13.4. The summed E-state index contributed by atoms with van der Waals surface area (Å²) in [5.41, 5.74) is 1.33. The Morgan fingerprint density at radius 1 is 1.53 bits per heavy atom. The number of rotatable bonds is 4. The molecule has 0 radical (unpaired) electrons. The molecule has 6 nitrogen and oxygen atoms in total. The first-order valence-corrected chi connectivity index (χ1v) is 6.59. The van der Waals surface area contributed by atoms with Gasteiger partial charge in [0.1, 0.15) is 17.7 Å². The summed E-state index contributed by atoms with van der Waals surface area (Å²) in [5.74, 6) is -0.0784. The third-order valence-electron chi connectivity index (χ3n) is 2.57. The molecule has 0 fully saturated rings. The zero-order valence-corrected chi connectivity index (χ0v) is 11.7. The van der Waals surface area contributed by atoms with Gasteiger partial charge >= 0.3 is 5.97 Å². The highest BCUT2D eigenvalue weighted by Gasteiger charge is 2.15. The summed E-state index contributed by atoms with van der Waals surface area (Å²) in [6.45, 7) is 4.07. The zero-order valence-electron chi connectivity index (χ0n) is 10.9. The number of ether oxygens (including phenoxy) is 1. The number of aryl methyl sites for hydroxylation is 2. The van der Waals surface area contributed by atoms with Crippen LogP contribution in [0.5, 0.6) is 0 Å². The quantitative estimate of drug-likeness (QED) is 0.865. The van der Waals surface area contributed by atoms with Crippen LogP contribution in [0.15, 0.2) is 12.5 Å². The fourth-order valence-corrected chi connectivity index (χ4v) is 2.50. The van der Waals surface area contributed by atoms with E-state index in [2.05, 4.69) is 31.9 Å². The maximum atomic E-state index is 11.6. The van der Waals surface area contributed by atoms with Crippen molar-refractivity contribution in [2.45, 2.75) is 20.3 Å². The maximum Gasteiger partial charge on any atom is 0.343 e. The minimum absolute atomic E-state index is 0.288. The molecule has 0 aliphatic carbocycles. The molecular formula is C12H14N4O2S. The van der Waals surface area contributed by atoms with Crippen molar-refractivity contribution in [3.05, 3.63) is 28.7 Å². The molecule has 2 rings (SSSR count). The van der Waals surface area contributed by atoms with Crippen LogP contribution in [0.1, 0.15) is 27.9 Å². The highest BCUT2D eigenvalue weighted by atomic mass is 32.1. The molecule has 2 heterocycles. The van der Waals surface area contributed by atoms with Gasteiger partial charge in [-0.1, -0.05) is 6.92 Å². The Bertz CT molecular complexity index is 597. The van der Waals surface area contributed by atoms with E-state index in [9.17, 15) is 4.79 Å². The molecule has 0 amide bonds. The summed E-state index contributed by atoms with van der Waals surface area (Å²) in [6, 6.07) is 0. The monoisotopic (exact) mass is 278 g/mol. The van der Waals surface area contributed by atoms with Crippen LogP contribution >= 0.6 is 11.3 Å². The van der Waals surface area contributed by atoms with E-state index in [0.29, 0.717) is 10.9 Å². The van der Waals surface area contributed by atoms with Crippen LogP contribution < -0.4 is 5.32 Å². The van der Waals surface area contributed by atoms with Crippen molar-refractivity contribution >= 4 is 28.3 Å². The number of hydrogen-bond donors (Lipinski definition) is 1. The van der Waals surface area contributed by atoms with Crippen molar-refractivity contribution in [3.63, 3.8) is 0 Å². The van der Waals surface area contributed by atoms with Crippen molar-refractivity contribution in [2.24, 2.45) is 0 Å². The highest BCUT2D eigenvalue weighted by molar-refractivity contribution is 7.15. The highest BCUT2D eigenvalue weighted by Crippen LogP contribution is 2.26. The standard InChI is InChI=1S/C12H14N4O2S/c1-4-9-7(2)19-12(15-9)16-10-8(11(17)18-3)5-13-6-14-10/h5-6H,4H2,1-3H3,(H,13,14,15,16). The van der Waals surface area contributed by atoms with Gasteiger partial charge in [0.2, 0.25) is 0 Å². The average Bonchev–Trinajstić information content (AvgIpc) is 2.78. The Morgan fingerprint density at radius 2 is 2.32 bits per heavy atom. The van der Waals surface area contributed by atoms with E-state index >= 15 is 0 Å². The van der Waals surface area contributed by atoms with Gasteiger partial charge in [-0.2, -0.15) is 0 Å². The molecule has 2 aromatic rings. The lowest BCUT2D eigenvalue weighted by molar-refractivity contribution is 0.0601. The number of esters is 1. The third-order valence-corrected chi connectivity index (χ3v) is 3.50. The number of thiazole rings is 1. The fraction of sp³-hybridized carbons (Fsp3) is 0.333. The van der Waals surface area contributed by atoms with Crippen LogP contribution in [-0.4, -0.2) is 28.0 Å². The van der Waals surface area contributed by atoms with Gasteiger partial charge < -0.3 is 10.1 Å². The molecular weight excluding hydrogens is 264 g/mol. The van der Waals surface area contributed by atoms with Crippen molar-refractivity contribution < 1.29 is 9.53 Å². The predicted molar refractivity (Wildman–Crippen MR) is 72.9 cm³/mol. The van der Waals surface area contributed by atoms with Crippen LogP contribution in [0.4, 0.5) is 10.9 Å². The summed E-state index contributed by atoms with van der Waals surface area (Å²) >= 11 is 1.53. The second kappa shape index (κ2) is 5.75. The Morgan fingerprint density at radius 3 is 2.95 bits per heavy atom. The number of aromatic nitrogens is 3. The van der Waals surface area contributed by atoms with Crippen molar-refractivity contribution in [1.29, 1.82) is 0 Å². The Hall–Kier alpha value is -2.02. The summed E-state index contributed by atoms with van der Waals surface area (Å²) in [7, 11) is 1.32. The Kier molecular flexibility index (Phi) is 4.06. The molecule has 0 atom stereocenters. The van der Waals surface area contributed by atoms with E-state index in [1.165, 1.54) is 31.0 Å². The topological polar surface area (TPSA) is 77.0 Å². The second-order valence-corrected chi connectivity index (χ2v) is 4.98. The summed E-state index contributed by atoms with van der Waals surface area (Å²) < 4.78 is 4.69. The number of carbonyl (C=O) groups excluding carboxylic acids is 1. The van der Waals surface area contributed by atoms with E-state index in [4.69, 9.17) is 0 Å². The number of methoxy groups -OCH3 is 1. The van der Waals surface area contributed by atoms with Gasteiger partial charge in [0.25, 0.3) is 0 Å². The lowest BCUT2D eigenvalue weighted by atomic mass is 10.3. The maximum absolute atomic E-state index is 11.6. The van der Waals surface area contributed by atoms with E-state index in [1.54, 1.807) is 0 Å². The van der Waals surface area contributed by atoms with Crippen molar-refractivity contribution in [3.8, 4) is 0 Å². The average molecular weight is 278 g/mol. The molecule has 0 spiro atoms. The SMILES string of the molecule is CCc1nc(Nc2ncncc2C(=O)OC)sc1C. The molecule has 0 unspecified atom stereocenters. The largest absolute Gasteiger partial charge is 0.465 e. The lowest BCUT2D eigenvalue weighted by Crippen LogP contribution is -2.07. The number of nitrogens with one attached hydrogen (secondary N) is 1. The summed E-state index contributed by atoms with van der Waals surface area (Å²) in [5, 5.41) is 3.75. The molecule has 7 heteroatoms. The lowest BCUT2D eigenvalue weighted by Gasteiger charge is -2.05. The van der Waals surface area contributed by atoms with Crippen LogP contribution in [0, 0.1) is 6.92 Å². The number of hydrogen-bond acceptors (Lipinski definition) is 7. The predicted octanol–water partition coefficient (Wildman–Crippen LogP) is 2.33. The Balaban J connectivity index is 2.30. The normalized spacial score (nSPS) is 10.3. The third kappa shape index (κ3) is 2.87. The zero-order chi connectivity index (χ0) is 13.8. The van der Waals surface area contributed by atoms with Crippen molar-refractivity contribution in [2.75, 3.05) is 12.4 Å². The number of anilines is 2. The van der Waals surface area contributed by atoms with Gasteiger partial charge in [-0.05, 0) is 13.3 Å². The minimum atomic E-state index is -0.480. The molecule has 19 heavy (non-hydrogen) atoms. The number of nitrogens with zero attached hydrogens (tertiary/aromatic N) is 3.